The van der Waals surface area contributed by atoms with E-state index in [0.29, 0.717) is 18.5 Å². The largest absolute Gasteiger partial charge is 0.302 e. The molecule has 3 heterocycles. The van der Waals surface area contributed by atoms with Gasteiger partial charge in [0.2, 0.25) is 5.91 Å². The third-order valence-corrected chi connectivity index (χ3v) is 6.61. The van der Waals surface area contributed by atoms with Gasteiger partial charge in [0.1, 0.15) is 5.82 Å². The highest BCUT2D eigenvalue weighted by Gasteiger charge is 2.44. The van der Waals surface area contributed by atoms with E-state index in [2.05, 4.69) is 46.4 Å². The molecule has 0 radical (unpaired) electrons. The Morgan fingerprint density at radius 3 is 2.87 bits per heavy atom. The normalized spacial score (nSPS) is 26.6. The van der Waals surface area contributed by atoms with E-state index in [1.165, 1.54) is 27.8 Å². The number of aryl methyl sites for hydroxylation is 1. The molecule has 1 amide bonds. The summed E-state index contributed by atoms with van der Waals surface area (Å²) in [7, 11) is 2.15. The van der Waals surface area contributed by atoms with Crippen LogP contribution >= 0.6 is 0 Å². The number of likely N-dealkylation sites (N-methyl/N-ethyl adjacent to an activating group) is 1. The molecule has 2 saturated heterocycles. The average Bonchev–Trinajstić information content (AvgIpc) is 3.15. The first-order valence-electron chi connectivity index (χ1n) is 10.7. The number of nitrogens with zero attached hydrogens (tertiary/aromatic N) is 2. The minimum Gasteiger partial charge on any atom is -0.302 e. The number of hydrogen-bond acceptors (Lipinski definition) is 5. The summed E-state index contributed by atoms with van der Waals surface area (Å²) in [6, 6.07) is 11.5. The highest BCUT2D eigenvalue weighted by Crippen LogP contribution is 2.33. The molecule has 5 rings (SSSR count). The second-order valence-electron chi connectivity index (χ2n) is 8.58. The van der Waals surface area contributed by atoms with E-state index in [9.17, 15) is 9.18 Å². The van der Waals surface area contributed by atoms with Crippen LogP contribution in [0.3, 0.4) is 0 Å². The van der Waals surface area contributed by atoms with Crippen LogP contribution in [0.25, 0.3) is 0 Å². The minimum atomic E-state index is -0.374. The first kappa shape index (κ1) is 19.6. The van der Waals surface area contributed by atoms with Crippen LogP contribution in [0.15, 0.2) is 36.4 Å². The van der Waals surface area contributed by atoms with Crippen LogP contribution in [0.1, 0.15) is 41.6 Å². The van der Waals surface area contributed by atoms with Crippen LogP contribution in [-0.2, 0) is 24.2 Å². The number of benzene rings is 2. The Hall–Kier alpha value is -2.32. The third-order valence-electron chi connectivity index (χ3n) is 6.61. The molecular formula is C23H28FN5O. The number of carbonyl (C=O) groups is 1. The molecule has 0 bridgehead atoms. The summed E-state index contributed by atoms with van der Waals surface area (Å²) in [6.45, 7) is 4.01. The van der Waals surface area contributed by atoms with Gasteiger partial charge in [-0.3, -0.25) is 10.2 Å². The van der Waals surface area contributed by atoms with Crippen molar-refractivity contribution in [2.24, 2.45) is 0 Å². The van der Waals surface area contributed by atoms with Crippen LogP contribution in [0.2, 0.25) is 0 Å². The molecule has 0 aromatic heterocycles. The van der Waals surface area contributed by atoms with Crippen LogP contribution in [-0.4, -0.2) is 36.5 Å². The maximum atomic E-state index is 14.7. The first-order chi connectivity index (χ1) is 14.5. The molecule has 0 spiro atoms. The molecule has 0 saturated carbocycles. The Morgan fingerprint density at radius 2 is 2.03 bits per heavy atom. The number of halogens is 1. The molecule has 7 heteroatoms. The molecule has 3 unspecified atom stereocenters. The van der Waals surface area contributed by atoms with Crippen molar-refractivity contribution in [2.75, 3.05) is 18.6 Å². The quantitative estimate of drug-likeness (QED) is 0.726. The standard InChI is InChI=1S/C23H28FN5O/c1-3-14-5-4-6-18(24)23(14)29-20(30)12-19-22(27-29)21(26-25-19)16-8-7-15-9-10-28(2)13-17(15)11-16/h4-8,11,19,21-22,25-27H,3,9-10,12-13H2,1-2H3. The lowest BCUT2D eigenvalue weighted by molar-refractivity contribution is -0.121. The van der Waals surface area contributed by atoms with Crippen molar-refractivity contribution in [3.05, 3.63) is 64.5 Å². The molecule has 3 aliphatic heterocycles. The predicted octanol–water partition coefficient (Wildman–Crippen LogP) is 2.20. The van der Waals surface area contributed by atoms with Crippen LogP contribution < -0.4 is 21.3 Å². The lowest BCUT2D eigenvalue weighted by atomic mass is 9.90. The summed E-state index contributed by atoms with van der Waals surface area (Å²) in [4.78, 5) is 15.2. The lowest BCUT2D eigenvalue weighted by Crippen LogP contribution is -2.60. The summed E-state index contributed by atoms with van der Waals surface area (Å²) >= 11 is 0. The third kappa shape index (κ3) is 3.32. The Labute approximate surface area is 176 Å². The van der Waals surface area contributed by atoms with Crippen LogP contribution in [0, 0.1) is 5.82 Å². The molecule has 3 aliphatic rings. The average molecular weight is 410 g/mol. The monoisotopic (exact) mass is 409 g/mol. The molecule has 0 aliphatic carbocycles. The maximum Gasteiger partial charge on any atom is 0.243 e. The van der Waals surface area contributed by atoms with E-state index in [1.807, 2.05) is 13.0 Å². The SMILES string of the molecule is CCc1cccc(F)c1N1NC2C(CC1=O)NNC2c1ccc2c(c1)CN(C)CC2. The van der Waals surface area contributed by atoms with Gasteiger partial charge in [-0.25, -0.2) is 20.3 Å². The van der Waals surface area contributed by atoms with E-state index < -0.39 is 0 Å². The molecule has 2 aromatic carbocycles. The maximum absolute atomic E-state index is 14.7. The fourth-order valence-corrected chi connectivity index (χ4v) is 4.94. The number of rotatable bonds is 3. The van der Waals surface area contributed by atoms with Crippen molar-refractivity contribution in [1.29, 1.82) is 0 Å². The number of para-hydroxylation sites is 1. The van der Waals surface area contributed by atoms with E-state index in [1.54, 1.807) is 6.07 Å². The number of anilines is 1. The highest BCUT2D eigenvalue weighted by molar-refractivity contribution is 5.94. The van der Waals surface area contributed by atoms with Crippen molar-refractivity contribution in [1.82, 2.24) is 21.2 Å². The Morgan fingerprint density at radius 1 is 1.17 bits per heavy atom. The molecular weight excluding hydrogens is 381 g/mol. The van der Waals surface area contributed by atoms with Gasteiger partial charge < -0.3 is 4.90 Å². The summed E-state index contributed by atoms with van der Waals surface area (Å²) in [6.07, 6.45) is 2.04. The molecule has 30 heavy (non-hydrogen) atoms. The number of fused-ring (bicyclic) bond motifs is 2. The molecule has 6 nitrogen and oxygen atoms in total. The van der Waals surface area contributed by atoms with Crippen molar-refractivity contribution < 1.29 is 9.18 Å². The minimum absolute atomic E-state index is 0.0139. The smallest absolute Gasteiger partial charge is 0.243 e. The fourth-order valence-electron chi connectivity index (χ4n) is 4.94. The Kier molecular flexibility index (Phi) is 5.06. The summed E-state index contributed by atoms with van der Waals surface area (Å²) in [5, 5.41) is 1.43. The molecule has 158 valence electrons. The van der Waals surface area contributed by atoms with Gasteiger partial charge in [-0.2, -0.15) is 0 Å². The van der Waals surface area contributed by atoms with Gasteiger partial charge in [-0.1, -0.05) is 37.3 Å². The number of hydrazine groups is 2. The Bertz CT molecular complexity index is 980. The number of hydrogen-bond donors (Lipinski definition) is 3. The van der Waals surface area contributed by atoms with Crippen LogP contribution in [0.4, 0.5) is 10.1 Å². The van der Waals surface area contributed by atoms with E-state index >= 15 is 0 Å². The van der Waals surface area contributed by atoms with Gasteiger partial charge in [0.15, 0.2) is 0 Å². The zero-order valence-corrected chi connectivity index (χ0v) is 17.4. The van der Waals surface area contributed by atoms with Crippen LogP contribution in [0.5, 0.6) is 0 Å². The second-order valence-corrected chi connectivity index (χ2v) is 8.58. The van der Waals surface area contributed by atoms with Crippen molar-refractivity contribution in [3.63, 3.8) is 0 Å². The topological polar surface area (TPSA) is 59.6 Å². The number of carbonyl (C=O) groups excluding carboxylic acids is 1. The number of amides is 1. The van der Waals surface area contributed by atoms with Gasteiger partial charge >= 0.3 is 0 Å². The van der Waals surface area contributed by atoms with E-state index in [-0.39, 0.29) is 29.8 Å². The molecule has 2 aromatic rings. The van der Waals surface area contributed by atoms with Gasteiger partial charge in [0, 0.05) is 25.6 Å². The van der Waals surface area contributed by atoms with E-state index in [0.717, 1.165) is 25.1 Å². The molecule has 3 atom stereocenters. The van der Waals surface area contributed by atoms with Gasteiger partial charge in [0.05, 0.1) is 17.8 Å². The van der Waals surface area contributed by atoms with Crippen molar-refractivity contribution in [3.8, 4) is 0 Å². The molecule has 3 N–H and O–H groups in total. The zero-order valence-electron chi connectivity index (χ0n) is 17.4. The fraction of sp³-hybridized carbons (Fsp3) is 0.435. The van der Waals surface area contributed by atoms with Gasteiger partial charge in [-0.05, 0) is 48.2 Å². The van der Waals surface area contributed by atoms with Gasteiger partial charge in [-0.15, -0.1) is 0 Å². The first-order valence-corrected chi connectivity index (χ1v) is 10.7. The second kappa shape index (κ2) is 7.74. The summed E-state index contributed by atoms with van der Waals surface area (Å²) in [5.74, 6) is -0.501. The molecule has 2 fully saturated rings. The zero-order chi connectivity index (χ0) is 20.8. The number of nitrogens with one attached hydrogen (secondary N) is 3. The van der Waals surface area contributed by atoms with Gasteiger partial charge in [0.25, 0.3) is 0 Å². The Balaban J connectivity index is 1.45. The highest BCUT2D eigenvalue weighted by atomic mass is 19.1. The predicted molar refractivity (Wildman–Crippen MR) is 114 cm³/mol. The lowest BCUT2D eigenvalue weighted by Gasteiger charge is -2.38. The van der Waals surface area contributed by atoms with Crippen molar-refractivity contribution >= 4 is 11.6 Å². The van der Waals surface area contributed by atoms with E-state index in [4.69, 9.17) is 0 Å². The van der Waals surface area contributed by atoms with Crippen molar-refractivity contribution in [2.45, 2.75) is 50.9 Å². The summed E-state index contributed by atoms with van der Waals surface area (Å²) in [5.41, 5.74) is 15.1. The summed E-state index contributed by atoms with van der Waals surface area (Å²) < 4.78 is 14.7.